The molecule has 5 unspecified atom stereocenters. The Bertz CT molecular complexity index is 4950. The zero-order valence-electron chi connectivity index (χ0n) is 81.6. The fraction of sp³-hybridized carbons (Fsp3) is 0.529. The number of hydrogen-bond acceptors (Lipinski definition) is 31. The fourth-order valence-electron chi connectivity index (χ4n) is 17.3. The van der Waals surface area contributed by atoms with Crippen LogP contribution in [0.15, 0.2) is 91.0 Å². The Hall–Kier alpha value is -12.8. The maximum absolute atomic E-state index is 13.0. The molecule has 5 saturated heterocycles. The fourth-order valence-corrected chi connectivity index (χ4v) is 17.3. The minimum Gasteiger partial charge on any atom is -0.491 e. The van der Waals surface area contributed by atoms with Crippen LogP contribution >= 0.6 is 0 Å². The molecule has 0 spiro atoms. The molecule has 18 amide bonds. The van der Waals surface area contributed by atoms with Gasteiger partial charge in [0.25, 0.3) is 47.3 Å². The predicted molar refractivity (Wildman–Crippen MR) is 507 cm³/mol. The number of aryl methyl sites for hydroxylation is 2. The lowest BCUT2D eigenvalue weighted by Gasteiger charge is -2.29. The minimum atomic E-state index is -1.00. The van der Waals surface area contributed by atoms with Gasteiger partial charge in [-0.2, -0.15) is 0 Å². The zero-order chi connectivity index (χ0) is 102. The van der Waals surface area contributed by atoms with Crippen LogP contribution in [0.3, 0.4) is 0 Å². The molecule has 0 bridgehead atoms. The van der Waals surface area contributed by atoms with Crippen LogP contribution in [0.1, 0.15) is 249 Å². The van der Waals surface area contributed by atoms with Gasteiger partial charge in [0.1, 0.15) is 67.3 Å². The second-order valence-corrected chi connectivity index (χ2v) is 34.4. The highest BCUT2D eigenvalue weighted by molar-refractivity contribution is 6.27. The van der Waals surface area contributed by atoms with Gasteiger partial charge in [-0.1, -0.05) is 77.1 Å². The number of rotatable bonds is 50. The van der Waals surface area contributed by atoms with E-state index >= 15 is 0 Å². The number of nitrogens with one attached hydrogen (secondary N) is 5. The van der Waals surface area contributed by atoms with Gasteiger partial charge in [0.2, 0.25) is 59.1 Å². The number of carbonyl (C=O) groups excluding carboxylic acids is 18. The number of hydrogen-bond donors (Lipinski definition) is 5. The van der Waals surface area contributed by atoms with E-state index in [1.807, 2.05) is 51.1 Å². The number of carbonyl (C=O) groups is 18. The summed E-state index contributed by atoms with van der Waals surface area (Å²) in [7, 11) is 0. The second-order valence-electron chi connectivity index (χ2n) is 34.4. The van der Waals surface area contributed by atoms with Gasteiger partial charge in [-0.15, -0.1) is 0 Å². The molecule has 41 nitrogen and oxygen atoms in total. The third kappa shape index (κ3) is 29.9. The summed E-state index contributed by atoms with van der Waals surface area (Å²) in [6.45, 7) is 22.7. The Balaban J connectivity index is 0.000000171. The van der Waals surface area contributed by atoms with Crippen molar-refractivity contribution in [1.82, 2.24) is 51.1 Å². The van der Waals surface area contributed by atoms with Gasteiger partial charge < -0.3 is 71.4 Å². The van der Waals surface area contributed by atoms with Gasteiger partial charge >= 0.3 is 0 Å². The van der Waals surface area contributed by atoms with Crippen molar-refractivity contribution in [1.29, 1.82) is 0 Å². The van der Waals surface area contributed by atoms with Crippen molar-refractivity contribution in [2.75, 3.05) is 152 Å². The molecule has 5 atom stereocenters. The van der Waals surface area contributed by atoms with E-state index in [0.29, 0.717) is 186 Å². The summed E-state index contributed by atoms with van der Waals surface area (Å²) in [5.74, 6) is -6.90. The summed E-state index contributed by atoms with van der Waals surface area (Å²) in [5, 5.41) is 11.2. The van der Waals surface area contributed by atoms with E-state index in [9.17, 15) is 86.3 Å². The maximum atomic E-state index is 13.0. The molecule has 41 heteroatoms. The Kier molecular flexibility index (Phi) is 43.9. The van der Waals surface area contributed by atoms with Crippen LogP contribution in [0.5, 0.6) is 17.2 Å². The van der Waals surface area contributed by atoms with E-state index in [4.69, 9.17) is 61.6 Å². The van der Waals surface area contributed by atoms with Gasteiger partial charge in [-0.3, -0.25) is 128 Å². The molecule has 772 valence electrons. The quantitative estimate of drug-likeness (QED) is 0.0208. The summed E-state index contributed by atoms with van der Waals surface area (Å²) < 4.78 is 71.2. The minimum absolute atomic E-state index is 0.0759. The topological polar surface area (TPSA) is 504 Å². The molecule has 5 N–H and O–H groups in total. The standard InChI is InChI=1S/C21H26N2O6.C21H28N2O5.2C20H24N2O7.C20H26N2O6/c1-2-10-28-12-13-29-11-4-6-14-5-3-7-15-18(14)21(27)23(20(15)26)16-8-9-17(24)22-19(16)25;1-2-10-27-12-13-28-11-4-6-15-5-3-7-16-17(15)14-23(21(16)26)18-8-9-19(24)22-20(18)25;2*1-2-8-27-9-10-28-11-12-29-15-5-3-4-13-17(15)20(26)22(19(13)25)14-6-7-16(23)21-18(14)24;1-2-8-26-9-10-27-11-12-28-17-5-3-4-14-15(17)13-22(20(14)25)16-6-7-18(23)21-19(16)24/h3,5,7,16H,2,4,6,8-13H2,1H3,(H,22,24,25);3,5,7,18H,2,4,6,8-14H2,1H3,(H,22,24,25);2*3-5,14H,2,6-12H2,1H3,(H,21,23,24);3-5,16H,2,6-13H2,1H3,(H,21,23,24). The van der Waals surface area contributed by atoms with Crippen molar-refractivity contribution in [2.45, 2.75) is 200 Å². The van der Waals surface area contributed by atoms with Crippen molar-refractivity contribution in [3.63, 3.8) is 0 Å². The predicted octanol–water partition coefficient (Wildman–Crippen LogP) is 6.38. The Labute approximate surface area is 828 Å². The van der Waals surface area contributed by atoms with Gasteiger partial charge in [0, 0.05) is 102 Å². The maximum Gasteiger partial charge on any atom is 0.266 e. The van der Waals surface area contributed by atoms with Crippen LogP contribution in [0.4, 0.5) is 0 Å². The molecular formula is C102H128N10O31. The summed E-state index contributed by atoms with van der Waals surface area (Å²) in [6.07, 6.45) is 9.68. The molecule has 0 aliphatic carbocycles. The molecule has 0 radical (unpaired) electrons. The molecule has 5 aromatic carbocycles. The van der Waals surface area contributed by atoms with Gasteiger partial charge in [0.15, 0.2) is 0 Å². The Morgan fingerprint density at radius 3 is 0.832 bits per heavy atom. The first-order chi connectivity index (χ1) is 69.3. The Morgan fingerprint density at radius 1 is 0.245 bits per heavy atom. The van der Waals surface area contributed by atoms with E-state index in [2.05, 4.69) is 40.4 Å². The van der Waals surface area contributed by atoms with Crippen LogP contribution in [-0.2, 0) is 121 Å². The number of ether oxygens (including phenoxy) is 13. The SMILES string of the molecule is CCCOCCOCCCc1cccc2c1C(=O)N(C1CCC(=O)NC1=O)C2=O.CCCOCCOCCCc1cccc2c1CN(C1CCC(=O)NC1=O)C2=O.CCCOCCOCCOc1cccc2c1C(=O)N(C1CCC(=O)NC1=O)C2=O.CCCOCCOCCOc1cccc2c1C(=O)N(C1CCC(=O)NC1=O)C2=O.CCCOCCOCCOc1cccc2c1CN(C1CCC(=O)NC1=O)C2=O. The molecule has 10 heterocycles. The van der Waals surface area contributed by atoms with Crippen LogP contribution < -0.4 is 40.8 Å². The lowest BCUT2D eigenvalue weighted by atomic mass is 9.99. The number of benzene rings is 5. The number of amides is 18. The zero-order valence-corrected chi connectivity index (χ0v) is 81.6. The van der Waals surface area contributed by atoms with Crippen LogP contribution in [-0.4, -0.2) is 313 Å². The molecule has 0 aromatic heterocycles. The van der Waals surface area contributed by atoms with E-state index in [1.165, 1.54) is 17.0 Å². The normalized spacial score (nSPS) is 18.9. The van der Waals surface area contributed by atoms with Crippen molar-refractivity contribution in [3.8, 4) is 17.2 Å². The molecule has 5 fully saturated rings. The number of piperidine rings is 5. The molecule has 10 aliphatic rings. The summed E-state index contributed by atoms with van der Waals surface area (Å²) in [4.78, 5) is 226. The van der Waals surface area contributed by atoms with E-state index in [-0.39, 0.29) is 134 Å². The van der Waals surface area contributed by atoms with E-state index < -0.39 is 101 Å². The molecule has 143 heavy (non-hydrogen) atoms. The number of imide groups is 8. The lowest BCUT2D eigenvalue weighted by molar-refractivity contribution is -0.138. The number of fused-ring (bicyclic) bond motifs is 5. The molecular weight excluding hydrogens is 1860 g/mol. The first-order valence-electron chi connectivity index (χ1n) is 49.1. The number of nitrogens with zero attached hydrogens (tertiary/aromatic N) is 5. The molecule has 5 aromatic rings. The molecule has 0 saturated carbocycles. The summed E-state index contributed by atoms with van der Waals surface area (Å²) in [5.41, 5.74) is 6.14. The van der Waals surface area contributed by atoms with Crippen molar-refractivity contribution in [2.24, 2.45) is 0 Å². The van der Waals surface area contributed by atoms with E-state index in [1.54, 1.807) is 53.4 Å². The average molecular weight is 1990 g/mol. The monoisotopic (exact) mass is 1990 g/mol. The molecule has 15 rings (SSSR count). The average Bonchev–Trinajstić information content (AvgIpc) is 1.61. The largest absolute Gasteiger partial charge is 0.491 e. The van der Waals surface area contributed by atoms with Crippen LogP contribution in [0, 0.1) is 0 Å². The first kappa shape index (κ1) is 111. The van der Waals surface area contributed by atoms with Gasteiger partial charge in [-0.25, -0.2) is 0 Å². The van der Waals surface area contributed by atoms with E-state index in [0.717, 1.165) is 102 Å². The Morgan fingerprint density at radius 2 is 0.497 bits per heavy atom. The van der Waals surface area contributed by atoms with Gasteiger partial charge in [-0.05, 0) is 155 Å². The smallest absolute Gasteiger partial charge is 0.266 e. The molecule has 10 aliphatic heterocycles. The highest BCUT2D eigenvalue weighted by Gasteiger charge is 2.50. The van der Waals surface area contributed by atoms with Crippen molar-refractivity contribution in [3.05, 3.63) is 158 Å². The van der Waals surface area contributed by atoms with Crippen molar-refractivity contribution >= 4 is 106 Å². The highest BCUT2D eigenvalue weighted by Crippen LogP contribution is 2.39. The van der Waals surface area contributed by atoms with Crippen LogP contribution in [0.25, 0.3) is 0 Å². The van der Waals surface area contributed by atoms with Gasteiger partial charge in [0.05, 0.1) is 126 Å². The summed E-state index contributed by atoms with van der Waals surface area (Å²) >= 11 is 0. The highest BCUT2D eigenvalue weighted by atomic mass is 16.6. The third-order valence-electron chi connectivity index (χ3n) is 24.2. The lowest BCUT2D eigenvalue weighted by Crippen LogP contribution is -2.54. The van der Waals surface area contributed by atoms with Crippen molar-refractivity contribution < 1.29 is 148 Å². The summed E-state index contributed by atoms with van der Waals surface area (Å²) in [6, 6.07) is 21.5. The second kappa shape index (κ2) is 56.9. The first-order valence-corrected chi connectivity index (χ1v) is 49.1. The third-order valence-corrected chi connectivity index (χ3v) is 24.2. The van der Waals surface area contributed by atoms with Crippen LogP contribution in [0.2, 0.25) is 0 Å².